The van der Waals surface area contributed by atoms with Crippen LogP contribution in [-0.4, -0.2) is 23.1 Å². The van der Waals surface area contributed by atoms with Crippen LogP contribution in [0.15, 0.2) is 30.3 Å². The van der Waals surface area contributed by atoms with Gasteiger partial charge >= 0.3 is 5.97 Å². The van der Waals surface area contributed by atoms with Crippen LogP contribution >= 0.6 is 0 Å². The third kappa shape index (κ3) is 3.35. The van der Waals surface area contributed by atoms with Crippen molar-refractivity contribution in [2.24, 2.45) is 7.05 Å². The number of benzene rings is 1. The third-order valence-corrected chi connectivity index (χ3v) is 4.27. The quantitative estimate of drug-likeness (QED) is 0.857. The van der Waals surface area contributed by atoms with E-state index in [0.717, 1.165) is 11.3 Å². The molecule has 1 aromatic carbocycles. The minimum Gasteiger partial charge on any atom is -0.461 e. The Hall–Kier alpha value is -2.56. The normalized spacial score (nSPS) is 11.9. The average molecular weight is 328 g/mol. The minimum atomic E-state index is -0.407. The van der Waals surface area contributed by atoms with Crippen LogP contribution in [0, 0.1) is 13.8 Å². The number of hydrogen-bond donors (Lipinski definition) is 1. The van der Waals surface area contributed by atoms with Crippen molar-refractivity contribution in [2.75, 3.05) is 6.61 Å². The Balaban J connectivity index is 2.30. The molecule has 0 fully saturated rings. The van der Waals surface area contributed by atoms with Gasteiger partial charge in [-0.2, -0.15) is 0 Å². The van der Waals surface area contributed by atoms with E-state index in [4.69, 9.17) is 4.74 Å². The average Bonchev–Trinajstić information content (AvgIpc) is 2.78. The first kappa shape index (κ1) is 17.8. The van der Waals surface area contributed by atoms with Gasteiger partial charge in [0.05, 0.1) is 18.2 Å². The number of rotatable bonds is 5. The lowest BCUT2D eigenvalue weighted by atomic mass is 10.1. The zero-order chi connectivity index (χ0) is 17.9. The van der Waals surface area contributed by atoms with Gasteiger partial charge in [-0.15, -0.1) is 0 Å². The van der Waals surface area contributed by atoms with E-state index in [-0.39, 0.29) is 11.9 Å². The van der Waals surface area contributed by atoms with E-state index in [1.54, 1.807) is 25.5 Å². The number of carbonyl (C=O) groups is 2. The summed E-state index contributed by atoms with van der Waals surface area (Å²) in [5.41, 5.74) is 3.37. The standard InChI is InChI=1S/C19H24N2O3/c1-6-24-19(23)17-12(2)16(14(4)21(17)5)18(22)20-13(3)15-10-8-7-9-11-15/h7-11,13H,6H2,1-5H3,(H,20,22)/t13-/m0/s1. The van der Waals surface area contributed by atoms with E-state index in [2.05, 4.69) is 5.32 Å². The summed E-state index contributed by atoms with van der Waals surface area (Å²) in [6.45, 7) is 7.61. The number of hydrogen-bond acceptors (Lipinski definition) is 3. The Labute approximate surface area is 142 Å². The fourth-order valence-electron chi connectivity index (χ4n) is 2.89. The second kappa shape index (κ2) is 7.34. The molecule has 1 aromatic heterocycles. The summed E-state index contributed by atoms with van der Waals surface area (Å²) in [5, 5.41) is 3.00. The van der Waals surface area contributed by atoms with Gasteiger partial charge in [0.2, 0.25) is 0 Å². The Kier molecular flexibility index (Phi) is 5.44. The fraction of sp³-hybridized carbons (Fsp3) is 0.368. The largest absolute Gasteiger partial charge is 0.461 e. The van der Waals surface area contributed by atoms with Gasteiger partial charge in [-0.05, 0) is 38.8 Å². The van der Waals surface area contributed by atoms with Gasteiger partial charge in [-0.1, -0.05) is 30.3 Å². The van der Waals surface area contributed by atoms with Gasteiger partial charge in [0.15, 0.2) is 0 Å². The summed E-state index contributed by atoms with van der Waals surface area (Å²) in [6.07, 6.45) is 0. The molecule has 0 radical (unpaired) electrons. The van der Waals surface area contributed by atoms with Crippen LogP contribution in [0.5, 0.6) is 0 Å². The lowest BCUT2D eigenvalue weighted by molar-refractivity contribution is 0.0514. The molecule has 1 amide bonds. The highest BCUT2D eigenvalue weighted by atomic mass is 16.5. The molecule has 1 heterocycles. The Morgan fingerprint density at radius 1 is 1.21 bits per heavy atom. The molecule has 0 saturated carbocycles. The Morgan fingerprint density at radius 3 is 2.42 bits per heavy atom. The molecule has 1 atom stereocenters. The first-order valence-corrected chi connectivity index (χ1v) is 8.07. The topological polar surface area (TPSA) is 60.3 Å². The van der Waals surface area contributed by atoms with Gasteiger partial charge in [-0.3, -0.25) is 4.79 Å². The molecule has 0 aliphatic rings. The maximum atomic E-state index is 12.7. The third-order valence-electron chi connectivity index (χ3n) is 4.27. The highest BCUT2D eigenvalue weighted by Crippen LogP contribution is 2.23. The van der Waals surface area contributed by atoms with E-state index < -0.39 is 5.97 Å². The predicted octanol–water partition coefficient (Wildman–Crippen LogP) is 3.31. The van der Waals surface area contributed by atoms with Crippen LogP contribution in [0.4, 0.5) is 0 Å². The van der Waals surface area contributed by atoms with Crippen molar-refractivity contribution < 1.29 is 14.3 Å². The Morgan fingerprint density at radius 2 is 1.83 bits per heavy atom. The van der Waals surface area contributed by atoms with E-state index in [1.165, 1.54) is 0 Å². The molecule has 5 heteroatoms. The van der Waals surface area contributed by atoms with Crippen molar-refractivity contribution in [2.45, 2.75) is 33.7 Å². The van der Waals surface area contributed by atoms with E-state index in [1.807, 2.05) is 44.2 Å². The first-order chi connectivity index (χ1) is 11.4. The molecule has 24 heavy (non-hydrogen) atoms. The van der Waals surface area contributed by atoms with Gasteiger partial charge in [0.1, 0.15) is 5.69 Å². The van der Waals surface area contributed by atoms with Crippen LogP contribution in [0.2, 0.25) is 0 Å². The number of amides is 1. The van der Waals surface area contributed by atoms with Crippen LogP contribution < -0.4 is 5.32 Å². The fourth-order valence-corrected chi connectivity index (χ4v) is 2.89. The number of nitrogens with zero attached hydrogens (tertiary/aromatic N) is 1. The van der Waals surface area contributed by atoms with E-state index >= 15 is 0 Å². The van der Waals surface area contributed by atoms with Crippen molar-refractivity contribution >= 4 is 11.9 Å². The first-order valence-electron chi connectivity index (χ1n) is 8.07. The number of carbonyl (C=O) groups excluding carboxylic acids is 2. The predicted molar refractivity (Wildman–Crippen MR) is 93.2 cm³/mol. The smallest absolute Gasteiger partial charge is 0.355 e. The molecular weight excluding hydrogens is 304 g/mol. The number of aromatic nitrogens is 1. The summed E-state index contributed by atoms with van der Waals surface area (Å²) in [5.74, 6) is -0.594. The van der Waals surface area contributed by atoms with Crippen LogP contribution in [0.25, 0.3) is 0 Å². The van der Waals surface area contributed by atoms with Crippen LogP contribution in [0.3, 0.4) is 0 Å². The summed E-state index contributed by atoms with van der Waals surface area (Å²) >= 11 is 0. The van der Waals surface area contributed by atoms with Gasteiger partial charge in [0.25, 0.3) is 5.91 Å². The van der Waals surface area contributed by atoms with Crippen molar-refractivity contribution in [1.29, 1.82) is 0 Å². The summed E-state index contributed by atoms with van der Waals surface area (Å²) < 4.78 is 6.81. The second-order valence-electron chi connectivity index (χ2n) is 5.82. The zero-order valence-corrected chi connectivity index (χ0v) is 14.8. The maximum absolute atomic E-state index is 12.7. The molecule has 0 aliphatic heterocycles. The van der Waals surface area contributed by atoms with Crippen molar-refractivity contribution in [3.8, 4) is 0 Å². The second-order valence-corrected chi connectivity index (χ2v) is 5.82. The van der Waals surface area contributed by atoms with Crippen molar-refractivity contribution in [1.82, 2.24) is 9.88 Å². The lowest BCUT2D eigenvalue weighted by Crippen LogP contribution is -2.27. The molecule has 0 aliphatic carbocycles. The van der Waals surface area contributed by atoms with Crippen molar-refractivity contribution in [3.05, 3.63) is 58.4 Å². The van der Waals surface area contributed by atoms with Gasteiger partial charge in [0, 0.05) is 12.7 Å². The van der Waals surface area contributed by atoms with E-state index in [9.17, 15) is 9.59 Å². The monoisotopic (exact) mass is 328 g/mol. The molecular formula is C19H24N2O3. The number of ether oxygens (including phenoxy) is 1. The summed E-state index contributed by atoms with van der Waals surface area (Å²) in [4.78, 5) is 24.9. The van der Waals surface area contributed by atoms with Crippen LogP contribution in [0.1, 0.15) is 57.6 Å². The SMILES string of the molecule is CCOC(=O)c1c(C)c(C(=O)N[C@@H](C)c2ccccc2)c(C)n1C. The molecule has 2 aromatic rings. The lowest BCUT2D eigenvalue weighted by Gasteiger charge is -2.14. The van der Waals surface area contributed by atoms with Gasteiger partial charge in [-0.25, -0.2) is 4.79 Å². The molecule has 1 N–H and O–H groups in total. The Bertz CT molecular complexity index is 748. The summed E-state index contributed by atoms with van der Waals surface area (Å²) in [6, 6.07) is 9.64. The van der Waals surface area contributed by atoms with E-state index in [0.29, 0.717) is 23.4 Å². The minimum absolute atomic E-state index is 0.122. The number of esters is 1. The highest BCUT2D eigenvalue weighted by Gasteiger charge is 2.26. The molecule has 2 rings (SSSR count). The molecule has 0 saturated heterocycles. The molecule has 0 spiro atoms. The molecule has 128 valence electrons. The zero-order valence-electron chi connectivity index (χ0n) is 14.8. The number of nitrogens with one attached hydrogen (secondary N) is 1. The molecule has 5 nitrogen and oxygen atoms in total. The summed E-state index contributed by atoms with van der Waals surface area (Å²) in [7, 11) is 1.77. The molecule has 0 bridgehead atoms. The molecule has 0 unspecified atom stereocenters. The van der Waals surface area contributed by atoms with Gasteiger partial charge < -0.3 is 14.6 Å². The van der Waals surface area contributed by atoms with Crippen molar-refractivity contribution in [3.63, 3.8) is 0 Å². The van der Waals surface area contributed by atoms with Crippen LogP contribution in [-0.2, 0) is 11.8 Å². The highest BCUT2D eigenvalue weighted by molar-refractivity contribution is 6.01. The maximum Gasteiger partial charge on any atom is 0.355 e.